The summed E-state index contributed by atoms with van der Waals surface area (Å²) in [6.45, 7) is 2.14. The lowest BCUT2D eigenvalue weighted by Crippen LogP contribution is -2.40. The molecule has 0 unspecified atom stereocenters. The zero-order valence-corrected chi connectivity index (χ0v) is 11.7. The lowest BCUT2D eigenvalue weighted by atomic mass is 10.1. The van der Waals surface area contributed by atoms with Crippen LogP contribution < -0.4 is 5.32 Å². The summed E-state index contributed by atoms with van der Waals surface area (Å²) in [7, 11) is 0. The van der Waals surface area contributed by atoms with E-state index in [1.165, 1.54) is 17.1 Å². The molecular formula is C12H18N4O5. The molecule has 1 heterocycles. The van der Waals surface area contributed by atoms with Crippen LogP contribution in [0.15, 0.2) is 12.5 Å². The molecule has 1 aromatic rings. The molecule has 9 nitrogen and oxygen atoms in total. The van der Waals surface area contributed by atoms with Gasteiger partial charge in [-0.05, 0) is 16.3 Å². The van der Waals surface area contributed by atoms with E-state index in [1.54, 1.807) is 0 Å². The van der Waals surface area contributed by atoms with Crippen molar-refractivity contribution in [3.8, 4) is 0 Å². The van der Waals surface area contributed by atoms with Crippen molar-refractivity contribution < 1.29 is 19.6 Å². The fourth-order valence-electron chi connectivity index (χ4n) is 1.73. The third-order valence-electron chi connectivity index (χ3n) is 2.88. The molecule has 2 N–H and O–H groups in total. The van der Waals surface area contributed by atoms with E-state index in [0.717, 1.165) is 6.42 Å². The molecule has 1 atom stereocenters. The zero-order valence-electron chi connectivity index (χ0n) is 11.7. The van der Waals surface area contributed by atoms with Gasteiger partial charge in [-0.2, -0.15) is 0 Å². The monoisotopic (exact) mass is 298 g/mol. The standard InChI is InChI=1S/C12H18N4O5/c1-2-3-4-9(12(18)19)14-11(17)5-6-15-7-10(13-8-15)16(20)21/h7-9H,2-6H2,1H3,(H,14,17)(H,18,19)/t9-/m0/s1. The number of amides is 1. The van der Waals surface area contributed by atoms with E-state index in [0.29, 0.717) is 12.8 Å². The van der Waals surface area contributed by atoms with Gasteiger partial charge in [-0.15, -0.1) is 0 Å². The molecule has 0 aliphatic rings. The SMILES string of the molecule is CCCC[C@H](NC(=O)CCn1cnc([N+](=O)[O-])c1)C(=O)O. The molecule has 0 radical (unpaired) electrons. The minimum Gasteiger partial charge on any atom is -0.480 e. The van der Waals surface area contributed by atoms with Gasteiger partial charge in [0.25, 0.3) is 0 Å². The Morgan fingerprint density at radius 2 is 2.29 bits per heavy atom. The molecule has 0 saturated carbocycles. The highest BCUT2D eigenvalue weighted by Crippen LogP contribution is 2.06. The summed E-state index contributed by atoms with van der Waals surface area (Å²) in [6, 6.07) is -0.894. The summed E-state index contributed by atoms with van der Waals surface area (Å²) in [5.41, 5.74) is 0. The fraction of sp³-hybridized carbons (Fsp3) is 0.583. The van der Waals surface area contributed by atoms with Crippen LogP contribution >= 0.6 is 0 Å². The number of nitro groups is 1. The molecule has 0 bridgehead atoms. The summed E-state index contributed by atoms with van der Waals surface area (Å²) >= 11 is 0. The maximum Gasteiger partial charge on any atom is 0.381 e. The lowest BCUT2D eigenvalue weighted by molar-refractivity contribution is -0.389. The number of nitrogens with one attached hydrogen (secondary N) is 1. The quantitative estimate of drug-likeness (QED) is 0.516. The Hall–Kier alpha value is -2.45. The van der Waals surface area contributed by atoms with Crippen molar-refractivity contribution in [1.82, 2.24) is 14.9 Å². The first-order valence-corrected chi connectivity index (χ1v) is 6.62. The minimum atomic E-state index is -1.06. The van der Waals surface area contributed by atoms with Gasteiger partial charge in [-0.3, -0.25) is 4.79 Å². The number of aliphatic carboxylic acids is 1. The van der Waals surface area contributed by atoms with Gasteiger partial charge in [0.05, 0.1) is 0 Å². The van der Waals surface area contributed by atoms with E-state index in [2.05, 4.69) is 10.3 Å². The van der Waals surface area contributed by atoms with Crippen molar-refractivity contribution in [2.45, 2.75) is 45.2 Å². The van der Waals surface area contributed by atoms with Gasteiger partial charge in [0, 0.05) is 13.0 Å². The number of carbonyl (C=O) groups excluding carboxylic acids is 1. The van der Waals surface area contributed by atoms with E-state index in [1.807, 2.05) is 6.92 Å². The first-order chi connectivity index (χ1) is 9.93. The van der Waals surface area contributed by atoms with Crippen LogP contribution in [-0.4, -0.2) is 37.5 Å². The number of hydrogen-bond donors (Lipinski definition) is 2. The Labute approximate surface area is 121 Å². The third-order valence-corrected chi connectivity index (χ3v) is 2.88. The minimum absolute atomic E-state index is 0.0312. The number of carboxylic acids is 1. The molecule has 1 amide bonds. The van der Waals surface area contributed by atoms with Gasteiger partial charge < -0.3 is 25.1 Å². The van der Waals surface area contributed by atoms with Crippen molar-refractivity contribution in [3.05, 3.63) is 22.6 Å². The largest absolute Gasteiger partial charge is 0.480 e. The second kappa shape index (κ2) is 7.98. The van der Waals surface area contributed by atoms with E-state index in [-0.39, 0.29) is 18.8 Å². The highest BCUT2D eigenvalue weighted by atomic mass is 16.6. The van der Waals surface area contributed by atoms with Crippen molar-refractivity contribution in [2.75, 3.05) is 0 Å². The van der Waals surface area contributed by atoms with Crippen LogP contribution in [-0.2, 0) is 16.1 Å². The number of aromatic nitrogens is 2. The molecule has 0 aromatic carbocycles. The Morgan fingerprint density at radius 1 is 1.57 bits per heavy atom. The number of carbonyl (C=O) groups is 2. The summed E-state index contributed by atoms with van der Waals surface area (Å²) in [6.07, 6.45) is 4.46. The van der Waals surface area contributed by atoms with Crippen LogP contribution in [0.4, 0.5) is 5.82 Å². The van der Waals surface area contributed by atoms with E-state index >= 15 is 0 Å². The first kappa shape index (κ1) is 16.6. The molecule has 0 spiro atoms. The van der Waals surface area contributed by atoms with E-state index in [4.69, 9.17) is 5.11 Å². The number of rotatable bonds is 9. The number of hydrogen-bond acceptors (Lipinski definition) is 5. The molecule has 0 aliphatic carbocycles. The number of aryl methyl sites for hydroxylation is 1. The Kier molecular flexibility index (Phi) is 6.31. The summed E-state index contributed by atoms with van der Waals surface area (Å²) in [4.78, 5) is 36.1. The van der Waals surface area contributed by atoms with Gasteiger partial charge in [0.15, 0.2) is 0 Å². The van der Waals surface area contributed by atoms with E-state index < -0.39 is 22.8 Å². The summed E-state index contributed by atoms with van der Waals surface area (Å²) in [5, 5.41) is 21.9. The number of imidazole rings is 1. The normalized spacial score (nSPS) is 11.9. The molecule has 0 fully saturated rings. The Bertz CT molecular complexity index is 514. The van der Waals surface area contributed by atoms with Crippen LogP contribution in [0, 0.1) is 10.1 Å². The predicted molar refractivity (Wildman–Crippen MR) is 72.6 cm³/mol. The topological polar surface area (TPSA) is 127 Å². The Balaban J connectivity index is 2.44. The molecule has 0 aliphatic heterocycles. The average molecular weight is 298 g/mol. The maximum atomic E-state index is 11.7. The van der Waals surface area contributed by atoms with Gasteiger partial charge in [-0.1, -0.05) is 19.8 Å². The van der Waals surface area contributed by atoms with Crippen LogP contribution in [0.5, 0.6) is 0 Å². The van der Waals surface area contributed by atoms with Crippen LogP contribution in [0.3, 0.4) is 0 Å². The predicted octanol–water partition coefficient (Wildman–Crippen LogP) is 0.941. The molecule has 0 saturated heterocycles. The Morgan fingerprint density at radius 3 is 2.81 bits per heavy atom. The number of carboxylic acid groups (broad SMARTS) is 1. The summed E-state index contributed by atoms with van der Waals surface area (Å²) in [5.74, 6) is -1.76. The molecule has 9 heteroatoms. The highest BCUT2D eigenvalue weighted by molar-refractivity contribution is 5.83. The maximum absolute atomic E-state index is 11.7. The summed E-state index contributed by atoms with van der Waals surface area (Å²) < 4.78 is 1.42. The van der Waals surface area contributed by atoms with Gasteiger partial charge in [-0.25, -0.2) is 4.79 Å². The van der Waals surface area contributed by atoms with Crippen molar-refractivity contribution in [2.24, 2.45) is 0 Å². The lowest BCUT2D eigenvalue weighted by Gasteiger charge is -2.13. The number of nitrogens with zero attached hydrogens (tertiary/aromatic N) is 3. The van der Waals surface area contributed by atoms with Gasteiger partial charge in [0.1, 0.15) is 12.2 Å². The fourth-order valence-corrected chi connectivity index (χ4v) is 1.73. The van der Waals surface area contributed by atoms with Crippen molar-refractivity contribution in [3.63, 3.8) is 0 Å². The van der Waals surface area contributed by atoms with Crippen LogP contribution in [0.25, 0.3) is 0 Å². The van der Waals surface area contributed by atoms with Crippen molar-refractivity contribution in [1.29, 1.82) is 0 Å². The second-order valence-electron chi connectivity index (χ2n) is 4.58. The van der Waals surface area contributed by atoms with Gasteiger partial charge in [0.2, 0.25) is 12.2 Å². The first-order valence-electron chi connectivity index (χ1n) is 6.62. The molecule has 116 valence electrons. The second-order valence-corrected chi connectivity index (χ2v) is 4.58. The zero-order chi connectivity index (χ0) is 15.8. The third kappa shape index (κ3) is 5.59. The molecule has 1 aromatic heterocycles. The molecule has 1 rings (SSSR count). The molecule has 21 heavy (non-hydrogen) atoms. The van der Waals surface area contributed by atoms with Crippen molar-refractivity contribution >= 4 is 17.7 Å². The van der Waals surface area contributed by atoms with E-state index in [9.17, 15) is 19.7 Å². The van der Waals surface area contributed by atoms with Crippen LogP contribution in [0.2, 0.25) is 0 Å². The average Bonchev–Trinajstić information content (AvgIpc) is 2.90. The van der Waals surface area contributed by atoms with Crippen LogP contribution in [0.1, 0.15) is 32.6 Å². The highest BCUT2D eigenvalue weighted by Gasteiger charge is 2.19. The smallest absolute Gasteiger partial charge is 0.381 e. The van der Waals surface area contributed by atoms with Gasteiger partial charge >= 0.3 is 11.8 Å². The molecular weight excluding hydrogens is 280 g/mol. The number of unbranched alkanes of at least 4 members (excludes halogenated alkanes) is 1.